The van der Waals surface area contributed by atoms with E-state index in [2.05, 4.69) is 10.3 Å². The third kappa shape index (κ3) is 4.72. The zero-order chi connectivity index (χ0) is 23.5. The number of amides is 2. The second-order valence-electron chi connectivity index (χ2n) is 8.10. The molecule has 1 N–H and O–H groups in total. The van der Waals surface area contributed by atoms with E-state index in [0.717, 1.165) is 18.4 Å². The molecule has 1 aliphatic heterocycles. The molecule has 1 saturated heterocycles. The SMILES string of the molecule is COC(=O)C1CCCCN1C(=O)c1cc(NC(C)=O)c2c(c1)ncn2Cc1ccc(F)cc1. The van der Waals surface area contributed by atoms with Crippen molar-refractivity contribution >= 4 is 34.5 Å². The van der Waals surface area contributed by atoms with Gasteiger partial charge in [-0.15, -0.1) is 0 Å². The molecule has 3 aromatic rings. The van der Waals surface area contributed by atoms with E-state index in [-0.39, 0.29) is 17.6 Å². The molecular formula is C24H25FN4O4. The number of aromatic nitrogens is 2. The topological polar surface area (TPSA) is 93.5 Å². The molecule has 0 spiro atoms. The van der Waals surface area contributed by atoms with Gasteiger partial charge < -0.3 is 19.5 Å². The van der Waals surface area contributed by atoms with Crippen LogP contribution < -0.4 is 5.32 Å². The fourth-order valence-electron chi connectivity index (χ4n) is 4.25. The lowest BCUT2D eigenvalue weighted by molar-refractivity contribution is -0.147. The molecule has 1 unspecified atom stereocenters. The maximum absolute atomic E-state index is 13.4. The first-order valence-electron chi connectivity index (χ1n) is 10.8. The Morgan fingerprint density at radius 3 is 2.64 bits per heavy atom. The standard InChI is InChI=1S/C24H25FN4O4/c1-15(30)27-20-12-17(23(31)29-10-4-3-5-21(29)24(32)33-2)11-19-22(20)28(14-26-19)13-16-6-8-18(25)9-7-16/h6-9,11-12,14,21H,3-5,10,13H2,1-2H3,(H,27,30). The Balaban J connectivity index is 1.73. The second kappa shape index (κ2) is 9.40. The zero-order valence-corrected chi connectivity index (χ0v) is 18.5. The van der Waals surface area contributed by atoms with Crippen LogP contribution in [0.4, 0.5) is 10.1 Å². The highest BCUT2D eigenvalue weighted by atomic mass is 19.1. The fourth-order valence-corrected chi connectivity index (χ4v) is 4.25. The minimum absolute atomic E-state index is 0.291. The number of nitrogens with zero attached hydrogens (tertiary/aromatic N) is 3. The van der Waals surface area contributed by atoms with Gasteiger partial charge in [0.25, 0.3) is 5.91 Å². The van der Waals surface area contributed by atoms with Gasteiger partial charge >= 0.3 is 5.97 Å². The zero-order valence-electron chi connectivity index (χ0n) is 18.5. The third-order valence-corrected chi connectivity index (χ3v) is 5.77. The minimum atomic E-state index is -0.632. The summed E-state index contributed by atoms with van der Waals surface area (Å²) in [7, 11) is 1.31. The summed E-state index contributed by atoms with van der Waals surface area (Å²) in [5, 5.41) is 2.79. The normalized spacial score (nSPS) is 16.0. The van der Waals surface area contributed by atoms with E-state index in [1.807, 2.05) is 4.57 Å². The number of carbonyl (C=O) groups is 3. The molecule has 2 heterocycles. The highest BCUT2D eigenvalue weighted by Crippen LogP contribution is 2.28. The molecule has 0 bridgehead atoms. The Bertz CT molecular complexity index is 1210. The van der Waals surface area contributed by atoms with Crippen LogP contribution in [0.5, 0.6) is 0 Å². The number of halogens is 1. The Kier molecular flexibility index (Phi) is 6.39. The number of imidazole rings is 1. The van der Waals surface area contributed by atoms with Crippen LogP contribution >= 0.6 is 0 Å². The monoisotopic (exact) mass is 452 g/mol. The van der Waals surface area contributed by atoms with Gasteiger partial charge in [-0.2, -0.15) is 0 Å². The highest BCUT2D eigenvalue weighted by Gasteiger charge is 2.33. The number of esters is 1. The molecule has 9 heteroatoms. The Labute approximate surface area is 190 Å². The number of hydrogen-bond acceptors (Lipinski definition) is 5. The number of nitrogens with one attached hydrogen (secondary N) is 1. The van der Waals surface area contributed by atoms with Crippen LogP contribution in [0.3, 0.4) is 0 Å². The van der Waals surface area contributed by atoms with Crippen molar-refractivity contribution in [2.75, 3.05) is 19.0 Å². The molecule has 1 fully saturated rings. The molecule has 4 rings (SSSR count). The number of benzene rings is 2. The lowest BCUT2D eigenvalue weighted by Gasteiger charge is -2.33. The average Bonchev–Trinajstić information content (AvgIpc) is 3.22. The molecule has 0 saturated carbocycles. The highest BCUT2D eigenvalue weighted by molar-refractivity contribution is 6.05. The Morgan fingerprint density at radius 2 is 1.94 bits per heavy atom. The second-order valence-corrected chi connectivity index (χ2v) is 8.10. The lowest BCUT2D eigenvalue weighted by Crippen LogP contribution is -2.48. The van der Waals surface area contributed by atoms with Crippen molar-refractivity contribution in [2.24, 2.45) is 0 Å². The number of ether oxygens (including phenoxy) is 1. The van der Waals surface area contributed by atoms with Crippen LogP contribution in [0.15, 0.2) is 42.7 Å². The van der Waals surface area contributed by atoms with Gasteiger partial charge in [-0.25, -0.2) is 14.2 Å². The molecule has 8 nitrogen and oxygen atoms in total. The summed E-state index contributed by atoms with van der Waals surface area (Å²) in [5.41, 5.74) is 2.80. The first-order valence-corrected chi connectivity index (χ1v) is 10.8. The molecule has 33 heavy (non-hydrogen) atoms. The summed E-state index contributed by atoms with van der Waals surface area (Å²) in [6, 6.07) is 8.77. The van der Waals surface area contributed by atoms with E-state index in [0.29, 0.717) is 41.8 Å². The summed E-state index contributed by atoms with van der Waals surface area (Å²) in [4.78, 5) is 43.5. The smallest absolute Gasteiger partial charge is 0.328 e. The Morgan fingerprint density at radius 1 is 1.18 bits per heavy atom. The molecule has 0 aliphatic carbocycles. The van der Waals surface area contributed by atoms with Crippen molar-refractivity contribution in [3.63, 3.8) is 0 Å². The predicted molar refractivity (Wildman–Crippen MR) is 120 cm³/mol. The molecule has 0 radical (unpaired) electrons. The van der Waals surface area contributed by atoms with Crippen molar-refractivity contribution < 1.29 is 23.5 Å². The average molecular weight is 452 g/mol. The van der Waals surface area contributed by atoms with Gasteiger partial charge in [-0.3, -0.25) is 9.59 Å². The maximum Gasteiger partial charge on any atom is 0.328 e. The predicted octanol–water partition coefficient (Wildman–Crippen LogP) is 3.35. The maximum atomic E-state index is 13.4. The van der Waals surface area contributed by atoms with Crippen LogP contribution in [-0.2, 0) is 20.9 Å². The van der Waals surface area contributed by atoms with E-state index in [1.54, 1.807) is 30.6 Å². The number of rotatable bonds is 5. The van der Waals surface area contributed by atoms with Gasteiger partial charge in [0.2, 0.25) is 5.91 Å². The van der Waals surface area contributed by atoms with Crippen molar-refractivity contribution in [1.82, 2.24) is 14.5 Å². The van der Waals surface area contributed by atoms with Gasteiger partial charge in [0.1, 0.15) is 11.9 Å². The van der Waals surface area contributed by atoms with Crippen molar-refractivity contribution in [3.05, 3.63) is 59.7 Å². The molecule has 172 valence electrons. The van der Waals surface area contributed by atoms with E-state index < -0.39 is 12.0 Å². The number of anilines is 1. The van der Waals surface area contributed by atoms with Crippen molar-refractivity contribution in [1.29, 1.82) is 0 Å². The number of piperidine rings is 1. The third-order valence-electron chi connectivity index (χ3n) is 5.77. The van der Waals surface area contributed by atoms with E-state index in [4.69, 9.17) is 4.74 Å². The van der Waals surface area contributed by atoms with Crippen LogP contribution in [0.25, 0.3) is 11.0 Å². The molecule has 1 aliphatic rings. The lowest BCUT2D eigenvalue weighted by atomic mass is 10.0. The van der Waals surface area contributed by atoms with Crippen LogP contribution in [0.1, 0.15) is 42.1 Å². The quantitative estimate of drug-likeness (QED) is 0.600. The molecule has 1 aromatic heterocycles. The first-order chi connectivity index (χ1) is 15.9. The largest absolute Gasteiger partial charge is 0.467 e. The summed E-state index contributed by atoms with van der Waals surface area (Å²) < 4.78 is 20.0. The summed E-state index contributed by atoms with van der Waals surface area (Å²) in [6.07, 6.45) is 3.80. The van der Waals surface area contributed by atoms with E-state index in [9.17, 15) is 18.8 Å². The number of hydrogen-bond donors (Lipinski definition) is 1. The van der Waals surface area contributed by atoms with Crippen molar-refractivity contribution in [2.45, 2.75) is 38.8 Å². The van der Waals surface area contributed by atoms with Gasteiger partial charge in [-0.1, -0.05) is 12.1 Å². The summed E-state index contributed by atoms with van der Waals surface area (Å²) in [5.74, 6) is -1.36. The molecular weight excluding hydrogens is 427 g/mol. The number of carbonyl (C=O) groups excluding carboxylic acids is 3. The molecule has 2 amide bonds. The van der Waals surface area contributed by atoms with E-state index >= 15 is 0 Å². The van der Waals surface area contributed by atoms with Crippen LogP contribution in [-0.4, -0.2) is 51.9 Å². The number of fused-ring (bicyclic) bond motifs is 1. The van der Waals surface area contributed by atoms with Gasteiger partial charge in [-0.05, 0) is 49.1 Å². The van der Waals surface area contributed by atoms with Crippen LogP contribution in [0, 0.1) is 5.82 Å². The summed E-state index contributed by atoms with van der Waals surface area (Å²) >= 11 is 0. The minimum Gasteiger partial charge on any atom is -0.467 e. The van der Waals surface area contributed by atoms with E-state index in [1.165, 1.54) is 31.1 Å². The van der Waals surface area contributed by atoms with Gasteiger partial charge in [0.05, 0.1) is 30.2 Å². The van der Waals surface area contributed by atoms with Crippen molar-refractivity contribution in [3.8, 4) is 0 Å². The molecule has 2 aromatic carbocycles. The van der Waals surface area contributed by atoms with Gasteiger partial charge in [0.15, 0.2) is 0 Å². The first kappa shape index (κ1) is 22.4. The number of methoxy groups -OCH3 is 1. The molecule has 1 atom stereocenters. The van der Waals surface area contributed by atoms with Gasteiger partial charge in [0, 0.05) is 25.6 Å². The Hall–Kier alpha value is -3.75. The fraction of sp³-hybridized carbons (Fsp3) is 0.333. The van der Waals surface area contributed by atoms with Crippen LogP contribution in [0.2, 0.25) is 0 Å². The number of likely N-dealkylation sites (tertiary alicyclic amines) is 1. The summed E-state index contributed by atoms with van der Waals surface area (Å²) in [6.45, 7) is 2.25.